The molecule has 0 saturated carbocycles. The largest absolute Gasteiger partial charge is 0.481 e. The molecule has 0 aromatic heterocycles. The lowest BCUT2D eigenvalue weighted by atomic mass is 9.97. The highest BCUT2D eigenvalue weighted by Crippen LogP contribution is 2.15. The summed E-state index contributed by atoms with van der Waals surface area (Å²) >= 11 is 3.29. The molecule has 1 rings (SSSR count). The van der Waals surface area contributed by atoms with Gasteiger partial charge < -0.3 is 5.11 Å². The van der Waals surface area contributed by atoms with Gasteiger partial charge >= 0.3 is 5.97 Å². The molecular formula is C12H13BrO3. The summed E-state index contributed by atoms with van der Waals surface area (Å²) in [4.78, 5) is 22.2. The van der Waals surface area contributed by atoms with Crippen LogP contribution in [0.4, 0.5) is 0 Å². The Balaban J connectivity index is 2.58. The molecule has 0 spiro atoms. The molecule has 0 amide bonds. The Bertz CT molecular complexity index is 384. The minimum Gasteiger partial charge on any atom is -0.481 e. The molecule has 1 N–H and O–H groups in total. The van der Waals surface area contributed by atoms with E-state index in [1.165, 1.54) is 0 Å². The average molecular weight is 285 g/mol. The van der Waals surface area contributed by atoms with E-state index in [1.54, 1.807) is 31.2 Å². The zero-order chi connectivity index (χ0) is 12.1. The van der Waals surface area contributed by atoms with Crippen LogP contribution in [0.5, 0.6) is 0 Å². The van der Waals surface area contributed by atoms with Crippen LogP contribution < -0.4 is 0 Å². The van der Waals surface area contributed by atoms with Crippen LogP contribution in [0.1, 0.15) is 30.1 Å². The van der Waals surface area contributed by atoms with Gasteiger partial charge in [0.05, 0.1) is 0 Å². The summed E-state index contributed by atoms with van der Waals surface area (Å²) in [5.41, 5.74) is 0.625. The van der Waals surface area contributed by atoms with Crippen LogP contribution >= 0.6 is 15.9 Å². The monoisotopic (exact) mass is 284 g/mol. The van der Waals surface area contributed by atoms with Crippen molar-refractivity contribution in [1.29, 1.82) is 0 Å². The third kappa shape index (κ3) is 4.14. The van der Waals surface area contributed by atoms with E-state index >= 15 is 0 Å². The second-order valence-electron chi connectivity index (χ2n) is 3.84. The van der Waals surface area contributed by atoms with E-state index in [0.717, 1.165) is 4.47 Å². The summed E-state index contributed by atoms with van der Waals surface area (Å²) in [7, 11) is 0. The van der Waals surface area contributed by atoms with Gasteiger partial charge in [0.25, 0.3) is 0 Å². The highest BCUT2D eigenvalue weighted by molar-refractivity contribution is 9.10. The topological polar surface area (TPSA) is 54.4 Å². The second kappa shape index (κ2) is 5.80. The molecule has 0 saturated heterocycles. The first-order chi connectivity index (χ1) is 7.49. The van der Waals surface area contributed by atoms with Crippen molar-refractivity contribution in [2.24, 2.45) is 5.92 Å². The molecule has 16 heavy (non-hydrogen) atoms. The normalized spacial score (nSPS) is 12.1. The smallest absolute Gasteiger partial charge is 0.303 e. The Morgan fingerprint density at radius 1 is 1.25 bits per heavy atom. The Morgan fingerprint density at radius 2 is 1.81 bits per heavy atom. The fourth-order valence-electron chi connectivity index (χ4n) is 1.44. The predicted octanol–water partition coefficient (Wildman–Crippen LogP) is 3.13. The van der Waals surface area contributed by atoms with Crippen LogP contribution in [0.2, 0.25) is 0 Å². The molecule has 0 aliphatic rings. The quantitative estimate of drug-likeness (QED) is 0.845. The van der Waals surface area contributed by atoms with E-state index in [-0.39, 0.29) is 24.5 Å². The zero-order valence-electron chi connectivity index (χ0n) is 8.94. The maximum atomic E-state index is 11.7. The molecule has 0 aliphatic carbocycles. The number of halogens is 1. The van der Waals surface area contributed by atoms with Crippen molar-refractivity contribution < 1.29 is 14.7 Å². The summed E-state index contributed by atoms with van der Waals surface area (Å²) in [6.45, 7) is 1.77. The maximum Gasteiger partial charge on any atom is 0.303 e. The molecular weight excluding hydrogens is 272 g/mol. The molecule has 3 nitrogen and oxygen atoms in total. The van der Waals surface area contributed by atoms with Crippen molar-refractivity contribution in [3.8, 4) is 0 Å². The van der Waals surface area contributed by atoms with E-state index in [2.05, 4.69) is 15.9 Å². The van der Waals surface area contributed by atoms with Crippen LogP contribution in [0, 0.1) is 5.92 Å². The molecule has 1 aromatic carbocycles. The van der Waals surface area contributed by atoms with Gasteiger partial charge in [-0.3, -0.25) is 9.59 Å². The first-order valence-corrected chi connectivity index (χ1v) is 5.79. The summed E-state index contributed by atoms with van der Waals surface area (Å²) in [5.74, 6) is -1.01. The molecule has 0 unspecified atom stereocenters. The highest BCUT2D eigenvalue weighted by Gasteiger charge is 2.13. The average Bonchev–Trinajstić information content (AvgIpc) is 2.16. The molecule has 0 aliphatic heterocycles. The summed E-state index contributed by atoms with van der Waals surface area (Å²) in [5, 5.41) is 8.59. The number of rotatable bonds is 5. The number of aliphatic carboxylic acids is 1. The van der Waals surface area contributed by atoms with Gasteiger partial charge in [0.1, 0.15) is 0 Å². The van der Waals surface area contributed by atoms with E-state index in [1.807, 2.05) is 0 Å². The Labute approximate surface area is 103 Å². The van der Waals surface area contributed by atoms with Crippen LogP contribution in [0.3, 0.4) is 0 Å². The van der Waals surface area contributed by atoms with Crippen LogP contribution in [0.15, 0.2) is 28.7 Å². The third-order valence-corrected chi connectivity index (χ3v) is 2.75. The molecule has 86 valence electrons. The van der Waals surface area contributed by atoms with Crippen molar-refractivity contribution in [1.82, 2.24) is 0 Å². The SMILES string of the molecule is C[C@@H](CC(=O)O)CC(=O)c1ccc(Br)cc1. The minimum absolute atomic E-state index is 0.0127. The number of carbonyl (C=O) groups is 2. The Kier molecular flexibility index (Phi) is 4.68. The number of ketones is 1. The first kappa shape index (κ1) is 12.9. The van der Waals surface area contributed by atoms with E-state index < -0.39 is 5.97 Å². The van der Waals surface area contributed by atoms with E-state index in [9.17, 15) is 9.59 Å². The van der Waals surface area contributed by atoms with E-state index in [0.29, 0.717) is 5.56 Å². The lowest BCUT2D eigenvalue weighted by Gasteiger charge is -2.07. The van der Waals surface area contributed by atoms with Gasteiger partial charge in [-0.05, 0) is 18.1 Å². The standard InChI is InChI=1S/C12H13BrO3/c1-8(7-12(15)16)6-11(14)9-2-4-10(13)5-3-9/h2-5,8H,6-7H2,1H3,(H,15,16)/t8-/m1/s1. The molecule has 0 bridgehead atoms. The lowest BCUT2D eigenvalue weighted by Crippen LogP contribution is -2.10. The fourth-order valence-corrected chi connectivity index (χ4v) is 1.70. The van der Waals surface area contributed by atoms with Gasteiger partial charge in [-0.15, -0.1) is 0 Å². The van der Waals surface area contributed by atoms with Gasteiger partial charge in [0, 0.05) is 22.9 Å². The number of hydrogen-bond donors (Lipinski definition) is 1. The van der Waals surface area contributed by atoms with Crippen LogP contribution in [0.25, 0.3) is 0 Å². The van der Waals surface area contributed by atoms with Crippen molar-refractivity contribution in [3.63, 3.8) is 0 Å². The van der Waals surface area contributed by atoms with Crippen molar-refractivity contribution in [2.45, 2.75) is 19.8 Å². The summed E-state index contributed by atoms with van der Waals surface area (Å²) in [6, 6.07) is 7.07. The van der Waals surface area contributed by atoms with E-state index in [4.69, 9.17) is 5.11 Å². The predicted molar refractivity (Wildman–Crippen MR) is 64.5 cm³/mol. The summed E-state index contributed by atoms with van der Waals surface area (Å²) < 4.78 is 0.919. The number of Topliss-reactive ketones (excluding diaryl/α,β-unsaturated/α-hetero) is 1. The third-order valence-electron chi connectivity index (χ3n) is 2.22. The molecule has 4 heteroatoms. The Morgan fingerprint density at radius 3 is 2.31 bits per heavy atom. The number of carboxylic acids is 1. The molecule has 1 atom stereocenters. The molecule has 0 radical (unpaired) electrons. The molecule has 0 heterocycles. The lowest BCUT2D eigenvalue weighted by molar-refractivity contribution is -0.137. The van der Waals surface area contributed by atoms with Crippen LogP contribution in [-0.2, 0) is 4.79 Å². The van der Waals surface area contributed by atoms with Gasteiger partial charge in [0.2, 0.25) is 0 Å². The molecule has 1 aromatic rings. The number of carbonyl (C=O) groups excluding carboxylic acids is 1. The first-order valence-electron chi connectivity index (χ1n) is 4.99. The van der Waals surface area contributed by atoms with Gasteiger partial charge in [0.15, 0.2) is 5.78 Å². The number of carboxylic acid groups (broad SMARTS) is 1. The van der Waals surface area contributed by atoms with Gasteiger partial charge in [-0.2, -0.15) is 0 Å². The van der Waals surface area contributed by atoms with Crippen LogP contribution in [-0.4, -0.2) is 16.9 Å². The zero-order valence-corrected chi connectivity index (χ0v) is 10.5. The van der Waals surface area contributed by atoms with Crippen molar-refractivity contribution in [3.05, 3.63) is 34.3 Å². The maximum absolute atomic E-state index is 11.7. The Hall–Kier alpha value is -1.16. The highest BCUT2D eigenvalue weighted by atomic mass is 79.9. The van der Waals surface area contributed by atoms with Crippen molar-refractivity contribution >= 4 is 27.7 Å². The minimum atomic E-state index is -0.865. The number of benzene rings is 1. The van der Waals surface area contributed by atoms with Gasteiger partial charge in [-0.1, -0.05) is 35.0 Å². The summed E-state index contributed by atoms with van der Waals surface area (Å²) in [6.07, 6.45) is 0.302. The molecule has 0 fully saturated rings. The second-order valence-corrected chi connectivity index (χ2v) is 4.75. The number of hydrogen-bond acceptors (Lipinski definition) is 2. The fraction of sp³-hybridized carbons (Fsp3) is 0.333. The van der Waals surface area contributed by atoms with Crippen molar-refractivity contribution in [2.75, 3.05) is 0 Å². The van der Waals surface area contributed by atoms with Gasteiger partial charge in [-0.25, -0.2) is 0 Å².